The van der Waals surface area contributed by atoms with Crippen LogP contribution in [0.4, 0.5) is 0 Å². The van der Waals surface area contributed by atoms with E-state index in [9.17, 15) is 14.7 Å². The second kappa shape index (κ2) is 4.73. The molecule has 0 saturated heterocycles. The van der Waals surface area contributed by atoms with Gasteiger partial charge >= 0.3 is 0 Å². The van der Waals surface area contributed by atoms with Gasteiger partial charge in [0.05, 0.1) is 6.07 Å². The second-order valence-corrected chi connectivity index (χ2v) is 3.06. The fraction of sp³-hybridized carbons (Fsp3) is 0.667. The standard InChI is InChI=1S/C9H13NO3/c1-7(11)9(2,13)8(12)5-3-4-6-10/h13H,3-5H2,1-2H3/t9-/m0/s1. The van der Waals surface area contributed by atoms with Gasteiger partial charge in [0.1, 0.15) is 0 Å². The maximum absolute atomic E-state index is 11.2. The molecule has 0 aliphatic carbocycles. The molecule has 0 aliphatic rings. The van der Waals surface area contributed by atoms with Crippen molar-refractivity contribution in [3.8, 4) is 6.07 Å². The van der Waals surface area contributed by atoms with E-state index in [2.05, 4.69) is 0 Å². The number of Topliss-reactive ketones (excluding diaryl/α,β-unsaturated/α-hetero) is 2. The molecule has 0 unspecified atom stereocenters. The van der Waals surface area contributed by atoms with Gasteiger partial charge in [0.2, 0.25) is 0 Å². The molecule has 0 rings (SSSR count). The summed E-state index contributed by atoms with van der Waals surface area (Å²) in [5.41, 5.74) is -1.88. The highest BCUT2D eigenvalue weighted by atomic mass is 16.3. The molecule has 4 heteroatoms. The van der Waals surface area contributed by atoms with E-state index in [4.69, 9.17) is 5.26 Å². The molecule has 72 valence electrons. The van der Waals surface area contributed by atoms with Crippen LogP contribution in [0.3, 0.4) is 0 Å². The molecule has 4 nitrogen and oxygen atoms in total. The molecule has 1 N–H and O–H groups in total. The van der Waals surface area contributed by atoms with E-state index in [0.717, 1.165) is 0 Å². The van der Waals surface area contributed by atoms with Crippen molar-refractivity contribution in [3.63, 3.8) is 0 Å². The van der Waals surface area contributed by atoms with E-state index in [1.165, 1.54) is 13.8 Å². The van der Waals surface area contributed by atoms with Gasteiger partial charge in [0, 0.05) is 12.8 Å². The molecule has 0 radical (unpaired) electrons. The Labute approximate surface area is 77.2 Å². The predicted molar refractivity (Wildman–Crippen MR) is 45.8 cm³/mol. The number of unbranched alkanes of at least 4 members (excludes halogenated alkanes) is 1. The first-order valence-electron chi connectivity index (χ1n) is 4.06. The normalized spacial score (nSPS) is 14.3. The summed E-state index contributed by atoms with van der Waals surface area (Å²) in [6, 6.07) is 1.88. The Bertz CT molecular complexity index is 250. The highest BCUT2D eigenvalue weighted by molar-refractivity contribution is 6.08. The van der Waals surface area contributed by atoms with Gasteiger partial charge < -0.3 is 5.11 Å². The summed E-state index contributed by atoms with van der Waals surface area (Å²) < 4.78 is 0. The maximum atomic E-state index is 11.2. The van der Waals surface area contributed by atoms with Gasteiger partial charge in [-0.1, -0.05) is 0 Å². The van der Waals surface area contributed by atoms with Crippen molar-refractivity contribution in [1.82, 2.24) is 0 Å². The van der Waals surface area contributed by atoms with Crippen LogP contribution >= 0.6 is 0 Å². The van der Waals surface area contributed by atoms with Crippen LogP contribution in [0.5, 0.6) is 0 Å². The number of hydrogen-bond donors (Lipinski definition) is 1. The monoisotopic (exact) mass is 183 g/mol. The van der Waals surface area contributed by atoms with Crippen molar-refractivity contribution in [1.29, 1.82) is 5.26 Å². The van der Waals surface area contributed by atoms with Crippen molar-refractivity contribution in [3.05, 3.63) is 0 Å². The molecule has 0 fully saturated rings. The molecule has 13 heavy (non-hydrogen) atoms. The number of aliphatic hydroxyl groups is 1. The Morgan fingerprint density at radius 3 is 2.46 bits per heavy atom. The molecule has 0 amide bonds. The maximum Gasteiger partial charge on any atom is 0.177 e. The van der Waals surface area contributed by atoms with Crippen molar-refractivity contribution in [2.24, 2.45) is 0 Å². The number of rotatable bonds is 5. The van der Waals surface area contributed by atoms with Gasteiger partial charge in [-0.15, -0.1) is 0 Å². The molecule has 0 saturated carbocycles. The van der Waals surface area contributed by atoms with Gasteiger partial charge in [0.15, 0.2) is 17.2 Å². The van der Waals surface area contributed by atoms with E-state index >= 15 is 0 Å². The first-order valence-corrected chi connectivity index (χ1v) is 4.06. The van der Waals surface area contributed by atoms with Crippen molar-refractivity contribution < 1.29 is 14.7 Å². The second-order valence-electron chi connectivity index (χ2n) is 3.06. The zero-order valence-electron chi connectivity index (χ0n) is 7.83. The minimum atomic E-state index is -1.88. The van der Waals surface area contributed by atoms with Crippen LogP contribution in [-0.2, 0) is 9.59 Å². The lowest BCUT2D eigenvalue weighted by Crippen LogP contribution is -2.42. The van der Waals surface area contributed by atoms with E-state index in [-0.39, 0.29) is 12.8 Å². The third-order valence-electron chi connectivity index (χ3n) is 1.92. The first-order chi connectivity index (χ1) is 5.92. The summed E-state index contributed by atoms with van der Waals surface area (Å²) in [5, 5.41) is 17.6. The zero-order chi connectivity index (χ0) is 10.5. The third kappa shape index (κ3) is 3.34. The lowest BCUT2D eigenvalue weighted by Gasteiger charge is -2.17. The summed E-state index contributed by atoms with van der Waals surface area (Å²) in [7, 11) is 0. The Kier molecular flexibility index (Phi) is 4.29. The minimum Gasteiger partial charge on any atom is -0.375 e. The van der Waals surface area contributed by atoms with Crippen LogP contribution in [0, 0.1) is 11.3 Å². The van der Waals surface area contributed by atoms with Gasteiger partial charge in [-0.25, -0.2) is 0 Å². The number of nitriles is 1. The molecule has 1 atom stereocenters. The van der Waals surface area contributed by atoms with Crippen LogP contribution in [0.25, 0.3) is 0 Å². The number of hydrogen-bond acceptors (Lipinski definition) is 4. The number of carbonyl (C=O) groups is 2. The van der Waals surface area contributed by atoms with Crippen LogP contribution in [-0.4, -0.2) is 22.3 Å². The van der Waals surface area contributed by atoms with Gasteiger partial charge in [-0.2, -0.15) is 5.26 Å². The predicted octanol–water partition coefficient (Wildman–Crippen LogP) is 0.589. The molecule has 0 bridgehead atoms. The molecule has 0 aromatic carbocycles. The topological polar surface area (TPSA) is 78.2 Å². The van der Waals surface area contributed by atoms with Crippen LogP contribution in [0.2, 0.25) is 0 Å². The number of ketones is 2. The van der Waals surface area contributed by atoms with E-state index < -0.39 is 17.2 Å². The summed E-state index contributed by atoms with van der Waals surface area (Å²) in [6.45, 7) is 2.35. The highest BCUT2D eigenvalue weighted by Crippen LogP contribution is 2.11. The number of nitrogens with zero attached hydrogens (tertiary/aromatic N) is 1. The smallest absolute Gasteiger partial charge is 0.177 e. The lowest BCUT2D eigenvalue weighted by atomic mass is 9.93. The largest absolute Gasteiger partial charge is 0.375 e. The van der Waals surface area contributed by atoms with E-state index in [0.29, 0.717) is 6.42 Å². The highest BCUT2D eigenvalue weighted by Gasteiger charge is 2.34. The van der Waals surface area contributed by atoms with Crippen LogP contribution in [0.15, 0.2) is 0 Å². The third-order valence-corrected chi connectivity index (χ3v) is 1.92. The molecule has 0 aromatic rings. The summed E-state index contributed by atoms with van der Waals surface area (Å²) in [4.78, 5) is 22.0. The van der Waals surface area contributed by atoms with Crippen LogP contribution < -0.4 is 0 Å². The fourth-order valence-electron chi connectivity index (χ4n) is 0.768. The minimum absolute atomic E-state index is 0.0696. The van der Waals surface area contributed by atoms with Gasteiger partial charge in [-0.05, 0) is 20.3 Å². The molecule has 0 heterocycles. The Balaban J connectivity index is 4.12. The molecule has 0 aromatic heterocycles. The van der Waals surface area contributed by atoms with E-state index in [1.54, 1.807) is 0 Å². The van der Waals surface area contributed by atoms with Crippen LogP contribution in [0.1, 0.15) is 33.1 Å². The summed E-state index contributed by atoms with van der Waals surface area (Å²) in [6.07, 6.45) is 0.721. The SMILES string of the molecule is CC(=O)[C@](C)(O)C(=O)CCCC#N. The summed E-state index contributed by atoms with van der Waals surface area (Å²) in [5.74, 6) is -1.08. The average Bonchev–Trinajstić information content (AvgIpc) is 2.04. The first kappa shape index (κ1) is 11.8. The number of carbonyl (C=O) groups excluding carboxylic acids is 2. The fourth-order valence-corrected chi connectivity index (χ4v) is 0.768. The lowest BCUT2D eigenvalue weighted by molar-refractivity contribution is -0.147. The molecular weight excluding hydrogens is 170 g/mol. The van der Waals surface area contributed by atoms with Gasteiger partial charge in [0.25, 0.3) is 0 Å². The van der Waals surface area contributed by atoms with E-state index in [1.807, 2.05) is 6.07 Å². The summed E-state index contributed by atoms with van der Waals surface area (Å²) >= 11 is 0. The molecule has 0 spiro atoms. The average molecular weight is 183 g/mol. The Morgan fingerprint density at radius 1 is 1.54 bits per heavy atom. The zero-order valence-corrected chi connectivity index (χ0v) is 7.83. The van der Waals surface area contributed by atoms with Crippen molar-refractivity contribution >= 4 is 11.6 Å². The quantitative estimate of drug-likeness (QED) is 0.499. The van der Waals surface area contributed by atoms with Crippen molar-refractivity contribution in [2.75, 3.05) is 0 Å². The van der Waals surface area contributed by atoms with Crippen molar-refractivity contribution in [2.45, 2.75) is 38.7 Å². The molecular formula is C9H13NO3. The Hall–Kier alpha value is -1.21. The molecule has 0 aliphatic heterocycles. The van der Waals surface area contributed by atoms with Gasteiger partial charge in [-0.3, -0.25) is 9.59 Å². The Morgan fingerprint density at radius 2 is 2.08 bits per heavy atom.